The van der Waals surface area contributed by atoms with E-state index >= 15 is 0 Å². The van der Waals surface area contributed by atoms with Crippen molar-refractivity contribution < 1.29 is 22.7 Å². The number of benzene rings is 2. The molecule has 9 heteroatoms. The molecule has 30 heavy (non-hydrogen) atoms. The smallest absolute Gasteiger partial charge is 0.251 e. The second-order valence-corrected chi connectivity index (χ2v) is 9.50. The molecule has 4 rings (SSSR count). The van der Waals surface area contributed by atoms with E-state index in [1.165, 1.54) is 12.1 Å². The number of carbonyl (C=O) groups excluding carboxylic acids is 1. The van der Waals surface area contributed by atoms with Gasteiger partial charge in [-0.1, -0.05) is 18.2 Å². The summed E-state index contributed by atoms with van der Waals surface area (Å²) in [6, 6.07) is 14.9. The molecular formula is C21H20N2O5S2. The number of sulfonamides is 1. The summed E-state index contributed by atoms with van der Waals surface area (Å²) in [7, 11) is -3.80. The predicted molar refractivity (Wildman–Crippen MR) is 113 cm³/mol. The van der Waals surface area contributed by atoms with Crippen molar-refractivity contribution in [3.63, 3.8) is 0 Å². The number of thiophene rings is 1. The molecule has 1 aromatic heterocycles. The molecule has 156 valence electrons. The Bertz CT molecular complexity index is 1160. The first-order chi connectivity index (χ1) is 14.4. The third-order valence-electron chi connectivity index (χ3n) is 4.63. The number of amides is 1. The summed E-state index contributed by atoms with van der Waals surface area (Å²) in [5, 5.41) is 4.83. The highest BCUT2D eigenvalue weighted by molar-refractivity contribution is 7.89. The van der Waals surface area contributed by atoms with E-state index in [1.54, 1.807) is 41.7 Å². The lowest BCUT2D eigenvalue weighted by molar-refractivity contribution is 0.0940. The summed E-state index contributed by atoms with van der Waals surface area (Å²) in [5.74, 6) is 0.894. The molecule has 0 aliphatic carbocycles. The third-order valence-corrected chi connectivity index (χ3v) is 7.08. The van der Waals surface area contributed by atoms with Gasteiger partial charge in [0.05, 0.1) is 10.9 Å². The van der Waals surface area contributed by atoms with E-state index in [-0.39, 0.29) is 35.7 Å². The molecule has 0 saturated carbocycles. The molecule has 0 bridgehead atoms. The van der Waals surface area contributed by atoms with E-state index in [0.29, 0.717) is 11.5 Å². The highest BCUT2D eigenvalue weighted by atomic mass is 32.2. The minimum absolute atomic E-state index is 0.0275. The number of ether oxygens (including phenoxy) is 2. The van der Waals surface area contributed by atoms with Crippen molar-refractivity contribution >= 4 is 27.3 Å². The molecule has 2 N–H and O–H groups in total. The Balaban J connectivity index is 1.44. The Morgan fingerprint density at radius 2 is 1.93 bits per heavy atom. The van der Waals surface area contributed by atoms with Gasteiger partial charge in [-0.15, -0.1) is 11.3 Å². The van der Waals surface area contributed by atoms with Crippen molar-refractivity contribution in [1.82, 2.24) is 10.0 Å². The maximum absolute atomic E-state index is 12.7. The molecule has 2 aromatic carbocycles. The lowest BCUT2D eigenvalue weighted by Gasteiger charge is -2.13. The van der Waals surface area contributed by atoms with Crippen LogP contribution in [0.5, 0.6) is 11.5 Å². The van der Waals surface area contributed by atoms with Crippen LogP contribution in [0.3, 0.4) is 0 Å². The maximum atomic E-state index is 12.7. The topological polar surface area (TPSA) is 93.7 Å². The number of fused-ring (bicyclic) bond motifs is 1. The van der Waals surface area contributed by atoms with Crippen LogP contribution in [0.4, 0.5) is 0 Å². The van der Waals surface area contributed by atoms with Crippen LogP contribution in [-0.2, 0) is 16.6 Å². The van der Waals surface area contributed by atoms with Crippen LogP contribution in [0, 0.1) is 0 Å². The molecule has 0 radical (unpaired) electrons. The van der Waals surface area contributed by atoms with Crippen LogP contribution in [0.25, 0.3) is 0 Å². The Morgan fingerprint density at radius 1 is 1.10 bits per heavy atom. The van der Waals surface area contributed by atoms with Crippen LogP contribution < -0.4 is 19.5 Å². The van der Waals surface area contributed by atoms with Crippen LogP contribution in [0.1, 0.15) is 33.8 Å². The first-order valence-electron chi connectivity index (χ1n) is 9.25. The minimum Gasteiger partial charge on any atom is -0.454 e. The van der Waals surface area contributed by atoms with E-state index in [0.717, 1.165) is 10.4 Å². The van der Waals surface area contributed by atoms with E-state index < -0.39 is 10.0 Å². The van der Waals surface area contributed by atoms with Crippen molar-refractivity contribution in [3.05, 3.63) is 76.0 Å². The molecule has 3 aromatic rings. The molecule has 0 unspecified atom stereocenters. The lowest BCUT2D eigenvalue weighted by Crippen LogP contribution is -2.27. The molecule has 0 saturated heterocycles. The van der Waals surface area contributed by atoms with Crippen molar-refractivity contribution in [2.45, 2.75) is 24.4 Å². The quantitative estimate of drug-likeness (QED) is 0.582. The molecule has 7 nitrogen and oxygen atoms in total. The molecule has 1 amide bonds. The maximum Gasteiger partial charge on any atom is 0.251 e. The average molecular weight is 445 g/mol. The Hall–Kier alpha value is -2.88. The standard InChI is InChI=1S/C21H20N2O5S2/c1-14(20-6-3-9-29-20)23-21(24)16-4-2-5-17(11-16)30(25,26)22-12-15-7-8-18-19(10-15)28-13-27-18/h2-11,14,22H,12-13H2,1H3,(H,23,24)/t14-/m1/s1. The summed E-state index contributed by atoms with van der Waals surface area (Å²) in [4.78, 5) is 13.6. The fourth-order valence-corrected chi connectivity index (χ4v) is 4.80. The summed E-state index contributed by atoms with van der Waals surface area (Å²) < 4.78 is 38.6. The number of rotatable bonds is 7. The van der Waals surface area contributed by atoms with Gasteiger partial charge < -0.3 is 14.8 Å². The monoisotopic (exact) mass is 444 g/mol. The van der Waals surface area contributed by atoms with Crippen molar-refractivity contribution in [2.24, 2.45) is 0 Å². The molecule has 1 aliphatic rings. The Labute approximate surface area is 178 Å². The minimum atomic E-state index is -3.80. The highest BCUT2D eigenvalue weighted by Crippen LogP contribution is 2.32. The van der Waals surface area contributed by atoms with Crippen molar-refractivity contribution in [1.29, 1.82) is 0 Å². The van der Waals surface area contributed by atoms with E-state index in [1.807, 2.05) is 24.4 Å². The van der Waals surface area contributed by atoms with Gasteiger partial charge in [0.15, 0.2) is 11.5 Å². The summed E-state index contributed by atoms with van der Waals surface area (Å²) >= 11 is 1.55. The van der Waals surface area contributed by atoms with Gasteiger partial charge in [0.25, 0.3) is 5.91 Å². The zero-order valence-corrected chi connectivity index (χ0v) is 17.8. The predicted octanol–water partition coefficient (Wildman–Crippen LogP) is 3.45. The van der Waals surface area contributed by atoms with Gasteiger partial charge in [0.2, 0.25) is 16.8 Å². The van der Waals surface area contributed by atoms with E-state index in [9.17, 15) is 13.2 Å². The lowest BCUT2D eigenvalue weighted by atomic mass is 10.2. The molecule has 0 fully saturated rings. The van der Waals surface area contributed by atoms with Crippen LogP contribution in [0.2, 0.25) is 0 Å². The molecule has 0 spiro atoms. The molecule has 2 heterocycles. The number of carbonyl (C=O) groups is 1. The fraction of sp³-hybridized carbons (Fsp3) is 0.190. The molecular weight excluding hydrogens is 424 g/mol. The number of nitrogens with one attached hydrogen (secondary N) is 2. The summed E-state index contributed by atoms with van der Waals surface area (Å²) in [5.41, 5.74) is 1.02. The van der Waals surface area contributed by atoms with Gasteiger partial charge in [-0.05, 0) is 54.3 Å². The largest absolute Gasteiger partial charge is 0.454 e. The summed E-state index contributed by atoms with van der Waals surface area (Å²) in [6.45, 7) is 2.13. The van der Waals surface area contributed by atoms with Crippen molar-refractivity contribution in [3.8, 4) is 11.5 Å². The molecule has 1 aliphatic heterocycles. The van der Waals surface area contributed by atoms with Gasteiger partial charge in [-0.2, -0.15) is 0 Å². The summed E-state index contributed by atoms with van der Waals surface area (Å²) in [6.07, 6.45) is 0. The van der Waals surface area contributed by atoms with Gasteiger partial charge in [-0.25, -0.2) is 13.1 Å². The zero-order chi connectivity index (χ0) is 21.1. The number of hydrogen-bond acceptors (Lipinski definition) is 6. The Morgan fingerprint density at radius 3 is 2.73 bits per heavy atom. The molecule has 1 atom stereocenters. The van der Waals surface area contributed by atoms with Crippen LogP contribution in [-0.4, -0.2) is 21.1 Å². The first kappa shape index (κ1) is 20.4. The van der Waals surface area contributed by atoms with Gasteiger partial charge in [0, 0.05) is 17.0 Å². The second kappa shape index (κ2) is 8.47. The second-order valence-electron chi connectivity index (χ2n) is 6.75. The zero-order valence-electron chi connectivity index (χ0n) is 16.1. The Kier molecular flexibility index (Phi) is 5.76. The van der Waals surface area contributed by atoms with E-state index in [2.05, 4.69) is 10.0 Å². The SMILES string of the molecule is C[C@@H](NC(=O)c1cccc(S(=O)(=O)NCc2ccc3c(c2)OCO3)c1)c1cccs1. The van der Waals surface area contributed by atoms with Crippen LogP contribution >= 0.6 is 11.3 Å². The fourth-order valence-electron chi connectivity index (χ4n) is 3.01. The first-order valence-corrected chi connectivity index (χ1v) is 11.6. The van der Waals surface area contributed by atoms with Gasteiger partial charge in [0.1, 0.15) is 0 Å². The third kappa shape index (κ3) is 4.48. The highest BCUT2D eigenvalue weighted by Gasteiger charge is 2.19. The van der Waals surface area contributed by atoms with Crippen LogP contribution in [0.15, 0.2) is 64.9 Å². The van der Waals surface area contributed by atoms with E-state index in [4.69, 9.17) is 9.47 Å². The average Bonchev–Trinajstić information content (AvgIpc) is 3.44. The van der Waals surface area contributed by atoms with Gasteiger partial charge in [-0.3, -0.25) is 4.79 Å². The van der Waals surface area contributed by atoms with Crippen molar-refractivity contribution in [2.75, 3.05) is 6.79 Å². The normalized spacial score (nSPS) is 13.8. The number of hydrogen-bond donors (Lipinski definition) is 2. The van der Waals surface area contributed by atoms with Gasteiger partial charge >= 0.3 is 0 Å².